The van der Waals surface area contributed by atoms with Crippen LogP contribution in [0.25, 0.3) is 0 Å². The van der Waals surface area contributed by atoms with E-state index in [1.807, 2.05) is 19.1 Å². The maximum atomic E-state index is 13.6. The quantitative estimate of drug-likeness (QED) is 0.673. The van der Waals surface area contributed by atoms with E-state index in [1.54, 1.807) is 4.90 Å². The second kappa shape index (κ2) is 11.5. The van der Waals surface area contributed by atoms with E-state index in [4.69, 9.17) is 4.74 Å². The molecule has 0 bridgehead atoms. The number of nitrogens with one attached hydrogen (secondary N) is 1. The molecule has 2 aromatic rings. The van der Waals surface area contributed by atoms with Crippen LogP contribution in [0, 0.1) is 5.92 Å². The lowest BCUT2D eigenvalue weighted by molar-refractivity contribution is -0.919. The first kappa shape index (κ1) is 22.8. The van der Waals surface area contributed by atoms with Crippen LogP contribution in [-0.4, -0.2) is 36.5 Å². The second-order valence-corrected chi connectivity index (χ2v) is 9.52. The van der Waals surface area contributed by atoms with Crippen LogP contribution in [0.3, 0.4) is 0 Å². The molecule has 32 heavy (non-hydrogen) atoms. The van der Waals surface area contributed by atoms with Gasteiger partial charge >= 0.3 is 0 Å². The molecule has 1 saturated carbocycles. The first-order chi connectivity index (χ1) is 15.7. The number of hydrogen-bond acceptors (Lipinski definition) is 2. The molecule has 1 heterocycles. The van der Waals surface area contributed by atoms with Crippen molar-refractivity contribution in [2.75, 3.05) is 19.7 Å². The van der Waals surface area contributed by atoms with Crippen molar-refractivity contribution < 1.29 is 14.4 Å². The van der Waals surface area contributed by atoms with Gasteiger partial charge in [0.1, 0.15) is 12.3 Å². The van der Waals surface area contributed by atoms with Crippen molar-refractivity contribution >= 4 is 5.91 Å². The third kappa shape index (κ3) is 6.13. The molecule has 2 aromatic carbocycles. The zero-order valence-electron chi connectivity index (χ0n) is 19.6. The molecule has 1 saturated heterocycles. The van der Waals surface area contributed by atoms with Crippen LogP contribution in [0.5, 0.6) is 5.75 Å². The highest BCUT2D eigenvalue weighted by Gasteiger charge is 2.33. The van der Waals surface area contributed by atoms with Gasteiger partial charge in [0, 0.05) is 36.9 Å². The predicted molar refractivity (Wildman–Crippen MR) is 129 cm³/mol. The first-order valence-electron chi connectivity index (χ1n) is 12.6. The van der Waals surface area contributed by atoms with Crippen LogP contribution < -0.4 is 9.64 Å². The van der Waals surface area contributed by atoms with Gasteiger partial charge in [0.15, 0.2) is 0 Å². The van der Waals surface area contributed by atoms with Crippen molar-refractivity contribution in [3.05, 3.63) is 65.7 Å². The van der Waals surface area contributed by atoms with Crippen molar-refractivity contribution in [3.8, 4) is 5.75 Å². The molecule has 1 aliphatic carbocycles. The Hall–Kier alpha value is -2.33. The lowest BCUT2D eigenvalue weighted by Gasteiger charge is -2.39. The van der Waals surface area contributed by atoms with Crippen molar-refractivity contribution in [2.45, 2.75) is 71.0 Å². The van der Waals surface area contributed by atoms with Gasteiger partial charge in [0.05, 0.1) is 19.7 Å². The fourth-order valence-corrected chi connectivity index (χ4v) is 5.41. The minimum absolute atomic E-state index is 0.223. The molecule has 0 spiro atoms. The van der Waals surface area contributed by atoms with Crippen LogP contribution in [0.2, 0.25) is 0 Å². The minimum atomic E-state index is 0.223. The molecular formula is C28H39N2O2+. The van der Waals surface area contributed by atoms with E-state index in [0.29, 0.717) is 18.6 Å². The first-order valence-corrected chi connectivity index (χ1v) is 12.6. The number of hydrogen-bond donors (Lipinski definition) is 1. The van der Waals surface area contributed by atoms with Crippen molar-refractivity contribution in [1.82, 2.24) is 4.90 Å². The van der Waals surface area contributed by atoms with Crippen LogP contribution in [-0.2, 0) is 17.9 Å². The topological polar surface area (TPSA) is 34.0 Å². The molecule has 2 fully saturated rings. The Morgan fingerprint density at radius 1 is 0.906 bits per heavy atom. The molecule has 4 nitrogen and oxygen atoms in total. The number of ether oxygens (including phenoxy) is 1. The third-order valence-electron chi connectivity index (χ3n) is 7.22. The Labute approximate surface area is 193 Å². The fraction of sp³-hybridized carbons (Fsp3) is 0.536. The summed E-state index contributed by atoms with van der Waals surface area (Å²) in [4.78, 5) is 17.5. The summed E-state index contributed by atoms with van der Waals surface area (Å²) < 4.78 is 5.60. The number of amides is 1. The number of piperidine rings is 1. The average Bonchev–Trinajstić information content (AvgIpc) is 2.85. The lowest BCUT2D eigenvalue weighted by atomic mass is 9.87. The Bertz CT molecular complexity index is 822. The zero-order chi connectivity index (χ0) is 22.2. The van der Waals surface area contributed by atoms with Crippen LogP contribution in [0.15, 0.2) is 54.6 Å². The summed E-state index contributed by atoms with van der Waals surface area (Å²) in [5.74, 6) is 1.52. The molecule has 1 aliphatic heterocycles. The summed E-state index contributed by atoms with van der Waals surface area (Å²) in [6.07, 6.45) is 8.01. The number of quaternary nitrogens is 1. The number of carbonyl (C=O) groups is 1. The minimum Gasteiger partial charge on any atom is -0.494 e. The lowest BCUT2D eigenvalue weighted by Crippen LogP contribution is -3.12. The smallest absolute Gasteiger partial charge is 0.226 e. The van der Waals surface area contributed by atoms with E-state index in [-0.39, 0.29) is 5.92 Å². The van der Waals surface area contributed by atoms with Gasteiger partial charge in [-0.25, -0.2) is 0 Å². The van der Waals surface area contributed by atoms with Gasteiger partial charge in [0.25, 0.3) is 0 Å². The van der Waals surface area contributed by atoms with Gasteiger partial charge in [-0.15, -0.1) is 0 Å². The molecule has 172 valence electrons. The molecular weight excluding hydrogens is 396 g/mol. The molecule has 0 unspecified atom stereocenters. The van der Waals surface area contributed by atoms with E-state index in [9.17, 15) is 4.79 Å². The van der Waals surface area contributed by atoms with E-state index < -0.39 is 0 Å². The average molecular weight is 436 g/mol. The molecule has 1 amide bonds. The monoisotopic (exact) mass is 435 g/mol. The number of benzene rings is 2. The van der Waals surface area contributed by atoms with Crippen molar-refractivity contribution in [1.29, 1.82) is 0 Å². The normalized spacial score (nSPS) is 21.8. The van der Waals surface area contributed by atoms with E-state index in [0.717, 1.165) is 57.6 Å². The largest absolute Gasteiger partial charge is 0.494 e. The van der Waals surface area contributed by atoms with Crippen LogP contribution in [0.4, 0.5) is 0 Å². The number of nitrogens with zero attached hydrogens (tertiary/aromatic N) is 1. The summed E-state index contributed by atoms with van der Waals surface area (Å²) in [5.41, 5.74) is 2.61. The van der Waals surface area contributed by atoms with Crippen LogP contribution in [0.1, 0.15) is 63.0 Å². The Morgan fingerprint density at radius 3 is 2.25 bits per heavy atom. The Balaban J connectivity index is 1.42. The number of rotatable bonds is 8. The van der Waals surface area contributed by atoms with Gasteiger partial charge in [-0.05, 0) is 37.5 Å². The number of likely N-dealkylation sites (tertiary alicyclic amines) is 1. The summed E-state index contributed by atoms with van der Waals surface area (Å²) in [7, 11) is 0. The van der Waals surface area contributed by atoms with E-state index in [1.165, 1.54) is 30.4 Å². The second-order valence-electron chi connectivity index (χ2n) is 9.52. The highest BCUT2D eigenvalue weighted by molar-refractivity contribution is 5.79. The zero-order valence-corrected chi connectivity index (χ0v) is 19.6. The summed E-state index contributed by atoms with van der Waals surface area (Å²) in [6, 6.07) is 19.5. The van der Waals surface area contributed by atoms with E-state index in [2.05, 4.69) is 47.4 Å². The maximum absolute atomic E-state index is 13.6. The Morgan fingerprint density at radius 2 is 1.59 bits per heavy atom. The third-order valence-corrected chi connectivity index (χ3v) is 7.22. The predicted octanol–water partition coefficient (Wildman–Crippen LogP) is 4.24. The van der Waals surface area contributed by atoms with Crippen molar-refractivity contribution in [3.63, 3.8) is 0 Å². The highest BCUT2D eigenvalue weighted by Crippen LogP contribution is 2.28. The molecule has 0 aromatic heterocycles. The molecule has 1 N–H and O–H groups in total. The van der Waals surface area contributed by atoms with Gasteiger partial charge in [0.2, 0.25) is 5.91 Å². The van der Waals surface area contributed by atoms with Crippen LogP contribution >= 0.6 is 0 Å². The number of carbonyl (C=O) groups excluding carboxylic acids is 1. The molecule has 2 aliphatic rings. The molecule has 4 rings (SSSR count). The van der Waals surface area contributed by atoms with Gasteiger partial charge in [-0.2, -0.15) is 0 Å². The molecule has 0 radical (unpaired) electrons. The summed E-state index contributed by atoms with van der Waals surface area (Å²) in [5, 5.41) is 0. The Kier molecular flexibility index (Phi) is 8.22. The van der Waals surface area contributed by atoms with Gasteiger partial charge in [-0.3, -0.25) is 4.79 Å². The standard InChI is InChI=1S/C28H38N2O2/c1-2-32-27-15-13-24(14-16-27)22-30(28(31)25-11-7-4-8-12-25)26-17-19-29(20-18-26)21-23-9-5-3-6-10-23/h3,5-6,9-10,13-16,25-26H,2,4,7-8,11-12,17-22H2,1H3/p+1. The van der Waals surface area contributed by atoms with Crippen molar-refractivity contribution in [2.24, 2.45) is 5.92 Å². The van der Waals surface area contributed by atoms with Gasteiger partial charge in [-0.1, -0.05) is 61.7 Å². The SMILES string of the molecule is CCOc1ccc(CN(C(=O)C2CCCCC2)C2CC[NH+](Cc3ccccc3)CC2)cc1. The molecule has 0 atom stereocenters. The summed E-state index contributed by atoms with van der Waals surface area (Å²) in [6.45, 7) is 6.76. The fourth-order valence-electron chi connectivity index (χ4n) is 5.41. The maximum Gasteiger partial charge on any atom is 0.226 e. The van der Waals surface area contributed by atoms with Gasteiger partial charge < -0.3 is 14.5 Å². The molecule has 4 heteroatoms. The highest BCUT2D eigenvalue weighted by atomic mass is 16.5. The summed E-state index contributed by atoms with van der Waals surface area (Å²) >= 11 is 0. The van der Waals surface area contributed by atoms with E-state index >= 15 is 0 Å².